The molecule has 0 aromatic carbocycles. The van der Waals surface area contributed by atoms with Crippen LogP contribution >= 0.6 is 0 Å². The van der Waals surface area contributed by atoms with Crippen molar-refractivity contribution in [1.29, 1.82) is 0 Å². The summed E-state index contributed by atoms with van der Waals surface area (Å²) in [5.41, 5.74) is 0.961. The number of ether oxygens (including phenoxy) is 1. The average molecular weight is 410 g/mol. The quantitative estimate of drug-likeness (QED) is 0.696. The summed E-state index contributed by atoms with van der Waals surface area (Å²) in [6.07, 6.45) is -2.52. The van der Waals surface area contributed by atoms with Crippen molar-refractivity contribution < 1.29 is 27.5 Å². The first-order chi connectivity index (χ1) is 13.6. The zero-order chi connectivity index (χ0) is 21.4. The molecule has 156 valence electrons. The maximum atomic E-state index is 12.3. The van der Waals surface area contributed by atoms with E-state index in [2.05, 4.69) is 20.6 Å². The zero-order valence-corrected chi connectivity index (χ0v) is 15.9. The van der Waals surface area contributed by atoms with Gasteiger partial charge >= 0.3 is 6.18 Å². The third-order valence-corrected chi connectivity index (χ3v) is 3.68. The third kappa shape index (κ3) is 7.76. The summed E-state index contributed by atoms with van der Waals surface area (Å²) < 4.78 is 41.2. The standard InChI is InChI=1S/C19H21F3N4O3/c1-12(2)17(27)26-15-9-14(5-7-23-15)18(28)25-11-13-3-4-16(24-10-13)29-8-6-19(20,21)22/h3-5,7,9-10,12H,6,8,11H2,1-2H3,(H,25,28)(H,23,26,27). The Morgan fingerprint density at radius 3 is 2.55 bits per heavy atom. The van der Waals surface area contributed by atoms with Crippen molar-refractivity contribution in [3.63, 3.8) is 0 Å². The Bertz CT molecular complexity index is 839. The van der Waals surface area contributed by atoms with Crippen molar-refractivity contribution in [3.8, 4) is 5.88 Å². The molecule has 2 heterocycles. The normalized spacial score (nSPS) is 11.2. The van der Waals surface area contributed by atoms with Crippen molar-refractivity contribution in [1.82, 2.24) is 15.3 Å². The van der Waals surface area contributed by atoms with Crippen LogP contribution in [0.25, 0.3) is 0 Å². The number of pyridine rings is 2. The van der Waals surface area contributed by atoms with Crippen molar-refractivity contribution in [2.24, 2.45) is 5.92 Å². The second-order valence-corrected chi connectivity index (χ2v) is 6.47. The van der Waals surface area contributed by atoms with Crippen molar-refractivity contribution in [3.05, 3.63) is 47.8 Å². The van der Waals surface area contributed by atoms with Gasteiger partial charge < -0.3 is 15.4 Å². The van der Waals surface area contributed by atoms with Crippen molar-refractivity contribution in [2.75, 3.05) is 11.9 Å². The van der Waals surface area contributed by atoms with E-state index in [-0.39, 0.29) is 36.0 Å². The molecule has 2 rings (SSSR count). The second-order valence-electron chi connectivity index (χ2n) is 6.47. The molecule has 10 heteroatoms. The van der Waals surface area contributed by atoms with Crippen LogP contribution < -0.4 is 15.4 Å². The Hall–Kier alpha value is -3.17. The van der Waals surface area contributed by atoms with Gasteiger partial charge in [0.2, 0.25) is 11.8 Å². The molecule has 0 unspecified atom stereocenters. The maximum Gasteiger partial charge on any atom is 0.392 e. The van der Waals surface area contributed by atoms with E-state index in [1.165, 1.54) is 30.6 Å². The van der Waals surface area contributed by atoms with E-state index < -0.39 is 19.2 Å². The van der Waals surface area contributed by atoms with Gasteiger partial charge in [-0.2, -0.15) is 13.2 Å². The van der Waals surface area contributed by atoms with Gasteiger partial charge in [0.05, 0.1) is 13.0 Å². The molecule has 2 aromatic heterocycles. The summed E-state index contributed by atoms with van der Waals surface area (Å²) in [7, 11) is 0. The predicted octanol–water partition coefficient (Wildman–Crippen LogP) is 3.33. The van der Waals surface area contributed by atoms with Gasteiger partial charge in [0.15, 0.2) is 0 Å². The minimum Gasteiger partial charge on any atom is -0.477 e. The van der Waals surface area contributed by atoms with E-state index in [0.717, 1.165) is 0 Å². The number of carbonyl (C=O) groups is 2. The lowest BCUT2D eigenvalue weighted by molar-refractivity contribution is -0.139. The molecule has 2 N–H and O–H groups in total. The molecule has 0 bridgehead atoms. The Morgan fingerprint density at radius 1 is 1.17 bits per heavy atom. The molecular weight excluding hydrogens is 389 g/mol. The van der Waals surface area contributed by atoms with Crippen LogP contribution in [0.4, 0.5) is 19.0 Å². The predicted molar refractivity (Wildman–Crippen MR) is 99.3 cm³/mol. The Balaban J connectivity index is 1.86. The largest absolute Gasteiger partial charge is 0.477 e. The van der Waals surface area contributed by atoms with Crippen molar-refractivity contribution >= 4 is 17.6 Å². The first-order valence-electron chi connectivity index (χ1n) is 8.83. The lowest BCUT2D eigenvalue weighted by atomic mass is 10.2. The molecule has 0 aliphatic rings. The van der Waals surface area contributed by atoms with Crippen LogP contribution in [0.15, 0.2) is 36.7 Å². The first kappa shape index (κ1) is 22.1. The molecule has 0 spiro atoms. The summed E-state index contributed by atoms with van der Waals surface area (Å²) in [5, 5.41) is 5.31. The van der Waals surface area contributed by atoms with Crippen LogP contribution in [0.2, 0.25) is 0 Å². The molecule has 0 atom stereocenters. The van der Waals surface area contributed by atoms with E-state index in [0.29, 0.717) is 11.1 Å². The van der Waals surface area contributed by atoms with Gasteiger partial charge in [0, 0.05) is 36.5 Å². The number of rotatable bonds is 8. The van der Waals surface area contributed by atoms with Crippen LogP contribution in [0.3, 0.4) is 0 Å². The van der Waals surface area contributed by atoms with Crippen LogP contribution in [-0.4, -0.2) is 34.6 Å². The fraction of sp³-hybridized carbons (Fsp3) is 0.368. The van der Waals surface area contributed by atoms with E-state index in [9.17, 15) is 22.8 Å². The molecule has 7 nitrogen and oxygen atoms in total. The number of alkyl halides is 3. The number of amides is 2. The van der Waals surface area contributed by atoms with E-state index in [1.807, 2.05) is 0 Å². The van der Waals surface area contributed by atoms with E-state index in [4.69, 9.17) is 4.74 Å². The number of hydrogen-bond acceptors (Lipinski definition) is 5. The number of nitrogens with zero attached hydrogens (tertiary/aromatic N) is 2. The van der Waals surface area contributed by atoms with Gasteiger partial charge in [-0.05, 0) is 17.7 Å². The number of halogens is 3. The minimum atomic E-state index is -4.28. The van der Waals surface area contributed by atoms with Crippen LogP contribution in [0.1, 0.15) is 36.2 Å². The smallest absolute Gasteiger partial charge is 0.392 e. The van der Waals surface area contributed by atoms with Gasteiger partial charge in [-0.1, -0.05) is 19.9 Å². The molecule has 2 aromatic rings. The number of hydrogen-bond donors (Lipinski definition) is 2. The summed E-state index contributed by atoms with van der Waals surface area (Å²) >= 11 is 0. The highest BCUT2D eigenvalue weighted by Crippen LogP contribution is 2.19. The Labute approximate surface area is 165 Å². The van der Waals surface area contributed by atoms with Crippen LogP contribution in [-0.2, 0) is 11.3 Å². The molecule has 2 amide bonds. The highest BCUT2D eigenvalue weighted by atomic mass is 19.4. The molecule has 0 saturated heterocycles. The maximum absolute atomic E-state index is 12.3. The summed E-state index contributed by atoms with van der Waals surface area (Å²) in [6, 6.07) is 6.00. The van der Waals surface area contributed by atoms with Gasteiger partial charge in [-0.25, -0.2) is 9.97 Å². The molecule has 0 aliphatic heterocycles. The summed E-state index contributed by atoms with van der Waals surface area (Å²) in [4.78, 5) is 31.9. The summed E-state index contributed by atoms with van der Waals surface area (Å²) in [6.45, 7) is 3.13. The fourth-order valence-electron chi connectivity index (χ4n) is 2.07. The lowest BCUT2D eigenvalue weighted by Gasteiger charge is -2.10. The highest BCUT2D eigenvalue weighted by Gasteiger charge is 2.26. The zero-order valence-electron chi connectivity index (χ0n) is 15.9. The van der Waals surface area contributed by atoms with Gasteiger partial charge in [-0.3, -0.25) is 9.59 Å². The summed E-state index contributed by atoms with van der Waals surface area (Å²) in [5.74, 6) is -0.457. The average Bonchev–Trinajstić information content (AvgIpc) is 2.66. The Morgan fingerprint density at radius 2 is 1.93 bits per heavy atom. The number of carbonyl (C=O) groups excluding carboxylic acids is 2. The molecule has 0 saturated carbocycles. The first-order valence-corrected chi connectivity index (χ1v) is 8.83. The lowest BCUT2D eigenvalue weighted by Crippen LogP contribution is -2.23. The number of aromatic nitrogens is 2. The molecule has 0 aliphatic carbocycles. The molecule has 0 fully saturated rings. The SMILES string of the molecule is CC(C)C(=O)Nc1cc(C(=O)NCc2ccc(OCCC(F)(F)F)nc2)ccn1. The molecule has 29 heavy (non-hydrogen) atoms. The topological polar surface area (TPSA) is 93.2 Å². The van der Waals surface area contributed by atoms with Gasteiger partial charge in [0.1, 0.15) is 5.82 Å². The van der Waals surface area contributed by atoms with Crippen LogP contribution in [0, 0.1) is 5.92 Å². The number of anilines is 1. The van der Waals surface area contributed by atoms with Gasteiger partial charge in [-0.15, -0.1) is 0 Å². The van der Waals surface area contributed by atoms with E-state index >= 15 is 0 Å². The monoisotopic (exact) mass is 410 g/mol. The fourth-order valence-corrected chi connectivity index (χ4v) is 2.07. The Kier molecular flexibility index (Phi) is 7.52. The third-order valence-electron chi connectivity index (χ3n) is 3.68. The van der Waals surface area contributed by atoms with Crippen molar-refractivity contribution in [2.45, 2.75) is 33.0 Å². The minimum absolute atomic E-state index is 0.0731. The number of nitrogens with one attached hydrogen (secondary N) is 2. The molecular formula is C19H21F3N4O3. The van der Waals surface area contributed by atoms with E-state index in [1.54, 1.807) is 19.9 Å². The molecule has 0 radical (unpaired) electrons. The van der Waals surface area contributed by atoms with Crippen LogP contribution in [0.5, 0.6) is 5.88 Å². The second kappa shape index (κ2) is 9.85. The van der Waals surface area contributed by atoms with Gasteiger partial charge in [0.25, 0.3) is 5.91 Å². The highest BCUT2D eigenvalue weighted by molar-refractivity contribution is 5.96.